The molecule has 0 bridgehead atoms. The topological polar surface area (TPSA) is 75.0 Å². The van der Waals surface area contributed by atoms with Gasteiger partial charge in [0.1, 0.15) is 5.52 Å². The van der Waals surface area contributed by atoms with Crippen LogP contribution in [0.2, 0.25) is 0 Å². The van der Waals surface area contributed by atoms with Gasteiger partial charge in [0.25, 0.3) is 5.52 Å². The van der Waals surface area contributed by atoms with E-state index in [0.717, 1.165) is 16.7 Å². The van der Waals surface area contributed by atoms with Gasteiger partial charge in [-0.1, -0.05) is 30.3 Å². The zero-order valence-corrected chi connectivity index (χ0v) is 10.9. The minimum Gasteiger partial charge on any atom is -0.334 e. The largest absolute Gasteiger partial charge is 0.439 e. The highest BCUT2D eigenvalue weighted by molar-refractivity contribution is 5.79. The predicted octanol–water partition coefficient (Wildman–Crippen LogP) is 2.00. The summed E-state index contributed by atoms with van der Waals surface area (Å²) in [5, 5.41) is 5.76. The second-order valence-electron chi connectivity index (χ2n) is 4.60. The number of aromatic amines is 1. The van der Waals surface area contributed by atoms with Gasteiger partial charge >= 0.3 is 11.1 Å². The Bertz CT molecular complexity index is 989. The van der Waals surface area contributed by atoms with E-state index in [1.165, 1.54) is 0 Å². The molecule has 0 aliphatic carbocycles. The molecule has 2 aromatic heterocycles. The number of para-hydroxylation sites is 3. The van der Waals surface area contributed by atoms with Crippen molar-refractivity contribution in [2.45, 2.75) is 0 Å². The molecule has 4 aromatic rings. The molecule has 2 N–H and O–H groups in total. The van der Waals surface area contributed by atoms with Crippen LogP contribution in [0.5, 0.6) is 0 Å². The van der Waals surface area contributed by atoms with Crippen LogP contribution >= 0.6 is 0 Å². The summed E-state index contributed by atoms with van der Waals surface area (Å²) >= 11 is 0. The smallest absolute Gasteiger partial charge is 0.334 e. The molecule has 4 rings (SSSR count). The Morgan fingerprint density at radius 2 is 1.81 bits per heavy atom. The molecule has 0 spiro atoms. The maximum Gasteiger partial charge on any atom is 0.439 e. The van der Waals surface area contributed by atoms with Gasteiger partial charge in [-0.2, -0.15) is 0 Å². The number of hydrogen-bond donors (Lipinski definition) is 2. The third kappa shape index (κ3) is 1.85. The molecule has 0 aliphatic heterocycles. The second kappa shape index (κ2) is 4.45. The third-order valence-electron chi connectivity index (χ3n) is 3.26. The maximum atomic E-state index is 11.9. The van der Waals surface area contributed by atoms with Gasteiger partial charge in [0.15, 0.2) is 0 Å². The molecule has 2 aromatic carbocycles. The highest BCUT2D eigenvalue weighted by Crippen LogP contribution is 2.18. The first-order valence-electron chi connectivity index (χ1n) is 6.47. The van der Waals surface area contributed by atoms with E-state index < -0.39 is 5.63 Å². The molecule has 6 nitrogen and oxygen atoms in total. The lowest BCUT2D eigenvalue weighted by Gasteiger charge is -2.03. The lowest BCUT2D eigenvalue weighted by atomic mass is 10.3. The summed E-state index contributed by atoms with van der Waals surface area (Å²) in [5.74, 6) is 0.454. The number of hydrogen-bond acceptors (Lipinski definition) is 4. The first-order chi connectivity index (χ1) is 10.3. The number of nitrogens with zero attached hydrogens (tertiary/aromatic N) is 2. The van der Waals surface area contributed by atoms with Crippen molar-refractivity contribution in [3.8, 4) is 0 Å². The number of nitrogens with one attached hydrogen (secondary N) is 2. The molecular formula is C15H11N4O2+. The van der Waals surface area contributed by atoms with E-state index in [4.69, 9.17) is 4.52 Å². The van der Waals surface area contributed by atoms with E-state index in [1.807, 2.05) is 54.6 Å². The quantitative estimate of drug-likeness (QED) is 0.550. The van der Waals surface area contributed by atoms with E-state index in [2.05, 4.69) is 15.6 Å². The summed E-state index contributed by atoms with van der Waals surface area (Å²) in [6.45, 7) is 0. The van der Waals surface area contributed by atoms with Crippen molar-refractivity contribution in [1.82, 2.24) is 10.3 Å². The van der Waals surface area contributed by atoms with Crippen molar-refractivity contribution >= 4 is 28.1 Å². The highest BCUT2D eigenvalue weighted by atomic mass is 16.5. The van der Waals surface area contributed by atoms with Gasteiger partial charge in [0.05, 0.1) is 0 Å². The van der Waals surface area contributed by atoms with Crippen molar-refractivity contribution in [3.63, 3.8) is 0 Å². The standard InChI is InChI=1S/C15H10N4O2/c20-15-13-14(16-10-6-2-1-3-7-10)17-11-8-4-5-9-12(11)19(13)18-21-15/h1-9H,(H-,16,17,18,20)/p+1. The highest BCUT2D eigenvalue weighted by Gasteiger charge is 2.23. The van der Waals surface area contributed by atoms with Crippen LogP contribution in [0.15, 0.2) is 63.9 Å². The molecule has 0 amide bonds. The fourth-order valence-electron chi connectivity index (χ4n) is 2.31. The van der Waals surface area contributed by atoms with Crippen LogP contribution in [0.4, 0.5) is 11.5 Å². The average Bonchev–Trinajstić information content (AvgIpc) is 2.91. The number of aromatic nitrogens is 3. The zero-order valence-electron chi connectivity index (χ0n) is 10.9. The third-order valence-corrected chi connectivity index (χ3v) is 3.26. The van der Waals surface area contributed by atoms with Gasteiger partial charge in [-0.3, -0.25) is 4.52 Å². The number of H-pyrrole nitrogens is 1. The molecule has 0 saturated heterocycles. The molecule has 0 atom stereocenters. The minimum atomic E-state index is -0.466. The van der Waals surface area contributed by atoms with Crippen molar-refractivity contribution in [2.75, 3.05) is 5.32 Å². The van der Waals surface area contributed by atoms with Gasteiger partial charge < -0.3 is 5.32 Å². The number of fused-ring (bicyclic) bond motifs is 3. The minimum absolute atomic E-state index is 0.345. The summed E-state index contributed by atoms with van der Waals surface area (Å²) < 4.78 is 6.50. The molecule has 2 heterocycles. The Balaban J connectivity index is 2.02. The van der Waals surface area contributed by atoms with Crippen LogP contribution in [0.1, 0.15) is 0 Å². The molecule has 6 heteroatoms. The van der Waals surface area contributed by atoms with Crippen molar-refractivity contribution in [3.05, 3.63) is 65.0 Å². The Labute approximate surface area is 118 Å². The average molecular weight is 279 g/mol. The Kier molecular flexibility index (Phi) is 2.47. The van der Waals surface area contributed by atoms with Gasteiger partial charge in [-0.15, -0.1) is 0 Å². The van der Waals surface area contributed by atoms with Crippen molar-refractivity contribution < 1.29 is 9.04 Å². The van der Waals surface area contributed by atoms with Crippen molar-refractivity contribution in [1.29, 1.82) is 0 Å². The van der Waals surface area contributed by atoms with Gasteiger partial charge in [-0.05, 0) is 28.0 Å². The van der Waals surface area contributed by atoms with Crippen LogP contribution in [-0.2, 0) is 0 Å². The van der Waals surface area contributed by atoms with Crippen LogP contribution in [0.25, 0.3) is 16.6 Å². The Morgan fingerprint density at radius 1 is 1.05 bits per heavy atom. The summed E-state index contributed by atoms with van der Waals surface area (Å²) in [6.07, 6.45) is 0. The van der Waals surface area contributed by atoms with E-state index in [0.29, 0.717) is 11.3 Å². The fraction of sp³-hybridized carbons (Fsp3) is 0. The lowest BCUT2D eigenvalue weighted by Crippen LogP contribution is -2.27. The van der Waals surface area contributed by atoms with Crippen LogP contribution in [0, 0.1) is 0 Å². The van der Waals surface area contributed by atoms with Gasteiger partial charge in [0, 0.05) is 11.8 Å². The normalized spacial score (nSPS) is 11.0. The molecule has 0 saturated carbocycles. The molecule has 21 heavy (non-hydrogen) atoms. The second-order valence-corrected chi connectivity index (χ2v) is 4.60. The molecule has 0 aliphatic rings. The van der Waals surface area contributed by atoms with Crippen LogP contribution in [-0.4, -0.2) is 10.3 Å². The summed E-state index contributed by atoms with van der Waals surface area (Å²) in [7, 11) is 0. The summed E-state index contributed by atoms with van der Waals surface area (Å²) in [5.41, 5.74) is 2.26. The predicted molar refractivity (Wildman–Crippen MR) is 77.5 cm³/mol. The monoisotopic (exact) mass is 279 g/mol. The first kappa shape index (κ1) is 11.7. The van der Waals surface area contributed by atoms with E-state index >= 15 is 0 Å². The number of rotatable bonds is 2. The zero-order chi connectivity index (χ0) is 14.2. The molecule has 0 unspecified atom stereocenters. The van der Waals surface area contributed by atoms with Crippen LogP contribution in [0.3, 0.4) is 0 Å². The summed E-state index contributed by atoms with van der Waals surface area (Å²) in [6, 6.07) is 17.1. The van der Waals surface area contributed by atoms with Crippen molar-refractivity contribution in [2.24, 2.45) is 0 Å². The van der Waals surface area contributed by atoms with Gasteiger partial charge in [0.2, 0.25) is 5.82 Å². The molecule has 102 valence electrons. The van der Waals surface area contributed by atoms with Gasteiger partial charge in [-0.25, -0.2) is 9.78 Å². The Hall–Kier alpha value is -3.15. The number of anilines is 2. The SMILES string of the molecule is O=c1o[nH][n+]2c1c(Nc1ccccc1)nc1ccccc12. The first-order valence-corrected chi connectivity index (χ1v) is 6.47. The molecule has 0 fully saturated rings. The molecule has 0 radical (unpaired) electrons. The fourth-order valence-corrected chi connectivity index (χ4v) is 2.31. The van der Waals surface area contributed by atoms with E-state index in [1.54, 1.807) is 4.52 Å². The van der Waals surface area contributed by atoms with E-state index in [-0.39, 0.29) is 0 Å². The van der Waals surface area contributed by atoms with E-state index in [9.17, 15) is 4.79 Å². The molecular weight excluding hydrogens is 268 g/mol. The lowest BCUT2D eigenvalue weighted by molar-refractivity contribution is -0.568. The Morgan fingerprint density at radius 3 is 2.67 bits per heavy atom. The number of benzene rings is 2. The summed E-state index contributed by atoms with van der Waals surface area (Å²) in [4.78, 5) is 16.5. The maximum absolute atomic E-state index is 11.9. The van der Waals surface area contributed by atoms with Crippen LogP contribution < -0.4 is 15.5 Å².